The average molecular weight is 315 g/mol. The van der Waals surface area contributed by atoms with E-state index in [1.165, 1.54) is 37.9 Å². The van der Waals surface area contributed by atoms with E-state index in [1.807, 2.05) is 0 Å². The molecule has 3 fully saturated rings. The number of morpholine rings is 1. The zero-order valence-corrected chi connectivity index (χ0v) is 14.0. The highest BCUT2D eigenvalue weighted by Gasteiger charge is 2.34. The first kappa shape index (κ1) is 15.6. The SMILES string of the molecule is c1ccc(CN2CCO[C@H](CN[C@@H]3CCN(C4CC4)C3)C2)cc1. The molecule has 1 aromatic rings. The molecule has 2 aliphatic heterocycles. The van der Waals surface area contributed by atoms with E-state index in [2.05, 4.69) is 45.4 Å². The van der Waals surface area contributed by atoms with Crippen LogP contribution in [0.4, 0.5) is 0 Å². The summed E-state index contributed by atoms with van der Waals surface area (Å²) in [5, 5.41) is 3.76. The van der Waals surface area contributed by atoms with Crippen LogP contribution in [0.2, 0.25) is 0 Å². The van der Waals surface area contributed by atoms with Crippen molar-refractivity contribution < 1.29 is 4.74 Å². The quantitative estimate of drug-likeness (QED) is 0.865. The first-order valence-electron chi connectivity index (χ1n) is 9.22. The van der Waals surface area contributed by atoms with Crippen LogP contribution in [-0.4, -0.2) is 67.3 Å². The average Bonchev–Trinajstić information content (AvgIpc) is 3.33. The van der Waals surface area contributed by atoms with Gasteiger partial charge in [0.1, 0.15) is 0 Å². The maximum atomic E-state index is 5.97. The fraction of sp³-hybridized carbons (Fsp3) is 0.684. The third kappa shape index (κ3) is 4.32. The zero-order valence-electron chi connectivity index (χ0n) is 14.0. The molecule has 4 nitrogen and oxygen atoms in total. The Bertz CT molecular complexity index is 491. The van der Waals surface area contributed by atoms with Crippen molar-refractivity contribution in [2.45, 2.75) is 44.0 Å². The monoisotopic (exact) mass is 315 g/mol. The Morgan fingerprint density at radius 1 is 1.04 bits per heavy atom. The van der Waals surface area contributed by atoms with Gasteiger partial charge in [-0.2, -0.15) is 0 Å². The molecule has 0 radical (unpaired) electrons. The highest BCUT2D eigenvalue weighted by Crippen LogP contribution is 2.29. The predicted molar refractivity (Wildman–Crippen MR) is 92.5 cm³/mol. The molecule has 0 bridgehead atoms. The molecule has 1 saturated carbocycles. The normalized spacial score (nSPS) is 29.9. The van der Waals surface area contributed by atoms with Crippen molar-refractivity contribution in [2.75, 3.05) is 39.3 Å². The first-order valence-corrected chi connectivity index (χ1v) is 9.22. The van der Waals surface area contributed by atoms with E-state index < -0.39 is 0 Å². The topological polar surface area (TPSA) is 27.7 Å². The molecule has 1 aliphatic carbocycles. The highest BCUT2D eigenvalue weighted by molar-refractivity contribution is 5.14. The Morgan fingerprint density at radius 3 is 2.74 bits per heavy atom. The van der Waals surface area contributed by atoms with Crippen LogP contribution in [0.3, 0.4) is 0 Å². The molecule has 3 aliphatic rings. The van der Waals surface area contributed by atoms with Crippen molar-refractivity contribution in [2.24, 2.45) is 0 Å². The van der Waals surface area contributed by atoms with E-state index in [-0.39, 0.29) is 0 Å². The Kier molecular flexibility index (Phi) is 4.95. The van der Waals surface area contributed by atoms with Crippen molar-refractivity contribution in [1.82, 2.24) is 15.1 Å². The number of hydrogen-bond acceptors (Lipinski definition) is 4. The molecule has 2 atom stereocenters. The summed E-state index contributed by atoms with van der Waals surface area (Å²) in [7, 11) is 0. The lowest BCUT2D eigenvalue weighted by Crippen LogP contribution is -2.48. The van der Waals surface area contributed by atoms with E-state index in [4.69, 9.17) is 4.74 Å². The van der Waals surface area contributed by atoms with Gasteiger partial charge >= 0.3 is 0 Å². The van der Waals surface area contributed by atoms with E-state index in [0.717, 1.165) is 38.8 Å². The summed E-state index contributed by atoms with van der Waals surface area (Å²) in [6.07, 6.45) is 4.49. The van der Waals surface area contributed by atoms with Crippen LogP contribution < -0.4 is 5.32 Å². The maximum absolute atomic E-state index is 5.97. The summed E-state index contributed by atoms with van der Waals surface area (Å²) in [5.74, 6) is 0. The van der Waals surface area contributed by atoms with Gasteiger partial charge < -0.3 is 10.1 Å². The molecular weight excluding hydrogens is 286 g/mol. The number of nitrogens with one attached hydrogen (secondary N) is 1. The van der Waals surface area contributed by atoms with E-state index in [1.54, 1.807) is 0 Å². The number of ether oxygens (including phenoxy) is 1. The van der Waals surface area contributed by atoms with E-state index >= 15 is 0 Å². The molecular formula is C19H29N3O. The van der Waals surface area contributed by atoms with Crippen LogP contribution in [0, 0.1) is 0 Å². The molecule has 4 rings (SSSR count). The summed E-state index contributed by atoms with van der Waals surface area (Å²) >= 11 is 0. The maximum Gasteiger partial charge on any atom is 0.0826 e. The van der Waals surface area contributed by atoms with Crippen molar-refractivity contribution >= 4 is 0 Å². The van der Waals surface area contributed by atoms with Gasteiger partial charge in [0.15, 0.2) is 0 Å². The standard InChI is InChI=1S/C19H29N3O/c1-2-4-16(5-3-1)13-21-10-11-23-19(15-21)12-20-17-8-9-22(14-17)18-6-7-18/h1-5,17-20H,6-15H2/t17-,19-/m1/s1. The molecule has 2 saturated heterocycles. The number of likely N-dealkylation sites (tertiary alicyclic amines) is 1. The molecule has 1 aromatic carbocycles. The molecule has 2 heterocycles. The minimum Gasteiger partial charge on any atom is -0.374 e. The van der Waals surface area contributed by atoms with Crippen molar-refractivity contribution in [3.8, 4) is 0 Å². The molecule has 23 heavy (non-hydrogen) atoms. The van der Waals surface area contributed by atoms with Gasteiger partial charge in [-0.1, -0.05) is 30.3 Å². The van der Waals surface area contributed by atoms with Crippen LogP contribution >= 0.6 is 0 Å². The fourth-order valence-corrected chi connectivity index (χ4v) is 3.91. The molecule has 4 heteroatoms. The molecule has 126 valence electrons. The Hall–Kier alpha value is -0.940. The summed E-state index contributed by atoms with van der Waals surface area (Å²) in [4.78, 5) is 5.19. The van der Waals surface area contributed by atoms with Crippen LogP contribution in [0.25, 0.3) is 0 Å². The van der Waals surface area contributed by atoms with Gasteiger partial charge in [0.05, 0.1) is 12.7 Å². The molecule has 0 unspecified atom stereocenters. The zero-order chi connectivity index (χ0) is 15.5. The Balaban J connectivity index is 1.20. The molecule has 1 N–H and O–H groups in total. The highest BCUT2D eigenvalue weighted by atomic mass is 16.5. The van der Waals surface area contributed by atoms with Gasteiger partial charge in [-0.05, 0) is 24.8 Å². The summed E-state index contributed by atoms with van der Waals surface area (Å²) < 4.78 is 5.97. The second-order valence-corrected chi connectivity index (χ2v) is 7.33. The third-order valence-electron chi connectivity index (χ3n) is 5.39. The van der Waals surface area contributed by atoms with Crippen molar-refractivity contribution in [3.63, 3.8) is 0 Å². The second-order valence-electron chi connectivity index (χ2n) is 7.33. The van der Waals surface area contributed by atoms with Crippen molar-refractivity contribution in [3.05, 3.63) is 35.9 Å². The number of rotatable bonds is 6. The van der Waals surface area contributed by atoms with Crippen molar-refractivity contribution in [1.29, 1.82) is 0 Å². The van der Waals surface area contributed by atoms with Crippen LogP contribution in [0.1, 0.15) is 24.8 Å². The van der Waals surface area contributed by atoms with E-state index in [9.17, 15) is 0 Å². The second kappa shape index (κ2) is 7.31. The third-order valence-corrected chi connectivity index (χ3v) is 5.39. The smallest absolute Gasteiger partial charge is 0.0826 e. The lowest BCUT2D eigenvalue weighted by Gasteiger charge is -2.33. The van der Waals surface area contributed by atoms with Crippen LogP contribution in [-0.2, 0) is 11.3 Å². The minimum absolute atomic E-state index is 0.336. The number of benzene rings is 1. The predicted octanol–water partition coefficient (Wildman–Crippen LogP) is 1.71. The molecule has 0 amide bonds. The van der Waals surface area contributed by atoms with Crippen LogP contribution in [0.5, 0.6) is 0 Å². The summed E-state index contributed by atoms with van der Waals surface area (Å²) in [6.45, 7) is 7.51. The van der Waals surface area contributed by atoms with Gasteiger partial charge in [0, 0.05) is 51.4 Å². The lowest BCUT2D eigenvalue weighted by molar-refractivity contribution is -0.0308. The Labute approximate surface area is 139 Å². The largest absolute Gasteiger partial charge is 0.374 e. The van der Waals surface area contributed by atoms with Gasteiger partial charge in [-0.15, -0.1) is 0 Å². The van der Waals surface area contributed by atoms with Gasteiger partial charge in [-0.25, -0.2) is 0 Å². The lowest BCUT2D eigenvalue weighted by atomic mass is 10.2. The first-order chi connectivity index (χ1) is 11.4. The van der Waals surface area contributed by atoms with Gasteiger partial charge in [-0.3, -0.25) is 9.80 Å². The van der Waals surface area contributed by atoms with Gasteiger partial charge in [0.2, 0.25) is 0 Å². The molecule has 0 aromatic heterocycles. The fourth-order valence-electron chi connectivity index (χ4n) is 3.91. The summed E-state index contributed by atoms with van der Waals surface area (Å²) in [5.41, 5.74) is 1.40. The van der Waals surface area contributed by atoms with Gasteiger partial charge in [0.25, 0.3) is 0 Å². The minimum atomic E-state index is 0.336. The molecule has 0 spiro atoms. The number of nitrogens with zero attached hydrogens (tertiary/aromatic N) is 2. The van der Waals surface area contributed by atoms with Crippen LogP contribution in [0.15, 0.2) is 30.3 Å². The van der Waals surface area contributed by atoms with E-state index in [0.29, 0.717) is 12.1 Å². The Morgan fingerprint density at radius 2 is 1.91 bits per heavy atom. The summed E-state index contributed by atoms with van der Waals surface area (Å²) in [6, 6.07) is 12.3. The number of hydrogen-bond donors (Lipinski definition) is 1.